The molecule has 22 heavy (non-hydrogen) atoms. The first-order valence-electron chi connectivity index (χ1n) is 8.64. The van der Waals surface area contributed by atoms with E-state index >= 15 is 0 Å². The van der Waals surface area contributed by atoms with Crippen molar-refractivity contribution in [2.75, 3.05) is 13.6 Å². The molecule has 0 bridgehead atoms. The molecule has 3 N–H and O–H groups in total. The molecule has 1 fully saturated rings. The van der Waals surface area contributed by atoms with E-state index in [1.165, 1.54) is 12.8 Å². The van der Waals surface area contributed by atoms with Gasteiger partial charge in [-0.3, -0.25) is 9.59 Å². The quantitative estimate of drug-likeness (QED) is 0.663. The SMILES string of the molecule is CC(C)NC(=O)C[NH+](C)[C@H](C)C(=O)N[C@@H]1CCC[C@H](C)[C@H]1C. The largest absolute Gasteiger partial charge is 0.349 e. The molecule has 0 spiro atoms. The Morgan fingerprint density at radius 3 is 2.41 bits per heavy atom. The smallest absolute Gasteiger partial charge is 0.278 e. The number of rotatable bonds is 6. The van der Waals surface area contributed by atoms with Crippen molar-refractivity contribution in [2.24, 2.45) is 11.8 Å². The summed E-state index contributed by atoms with van der Waals surface area (Å²) in [4.78, 5) is 25.2. The van der Waals surface area contributed by atoms with Crippen molar-refractivity contribution < 1.29 is 14.5 Å². The summed E-state index contributed by atoms with van der Waals surface area (Å²) in [6.45, 7) is 10.6. The fourth-order valence-electron chi connectivity index (χ4n) is 3.10. The Bertz CT molecular complexity index is 384. The van der Waals surface area contributed by atoms with Gasteiger partial charge in [-0.15, -0.1) is 0 Å². The summed E-state index contributed by atoms with van der Waals surface area (Å²) in [5, 5.41) is 6.07. The summed E-state index contributed by atoms with van der Waals surface area (Å²) in [7, 11) is 1.90. The molecule has 1 rings (SSSR count). The van der Waals surface area contributed by atoms with Crippen LogP contribution in [0.1, 0.15) is 53.9 Å². The second-order valence-electron chi connectivity index (χ2n) is 7.35. The Hall–Kier alpha value is -1.10. The lowest BCUT2D eigenvalue weighted by Crippen LogP contribution is -3.15. The molecular weight excluding hydrogens is 278 g/mol. The molecule has 1 unspecified atom stereocenters. The number of carbonyl (C=O) groups excluding carboxylic acids is 2. The third-order valence-corrected chi connectivity index (χ3v) is 5.06. The van der Waals surface area contributed by atoms with Crippen LogP contribution in [0.5, 0.6) is 0 Å². The maximum Gasteiger partial charge on any atom is 0.278 e. The highest BCUT2D eigenvalue weighted by atomic mass is 16.2. The molecular formula is C17H34N3O2+. The monoisotopic (exact) mass is 312 g/mol. The van der Waals surface area contributed by atoms with Crippen LogP contribution in [0.4, 0.5) is 0 Å². The Morgan fingerprint density at radius 2 is 1.82 bits per heavy atom. The Morgan fingerprint density at radius 1 is 1.18 bits per heavy atom. The van der Waals surface area contributed by atoms with E-state index in [1.54, 1.807) is 0 Å². The molecule has 128 valence electrons. The third-order valence-electron chi connectivity index (χ3n) is 5.06. The number of nitrogens with one attached hydrogen (secondary N) is 3. The summed E-state index contributed by atoms with van der Waals surface area (Å²) >= 11 is 0. The Kier molecular flexibility index (Phi) is 7.33. The van der Waals surface area contributed by atoms with Gasteiger partial charge in [0.25, 0.3) is 11.8 Å². The number of likely N-dealkylation sites (N-methyl/N-ethyl adjacent to an activating group) is 1. The first-order valence-corrected chi connectivity index (χ1v) is 8.64. The summed E-state index contributed by atoms with van der Waals surface area (Å²) in [6.07, 6.45) is 3.50. The fourth-order valence-corrected chi connectivity index (χ4v) is 3.10. The van der Waals surface area contributed by atoms with Crippen LogP contribution in [-0.2, 0) is 9.59 Å². The Labute approximate surface area is 135 Å². The van der Waals surface area contributed by atoms with Gasteiger partial charge in [-0.05, 0) is 39.0 Å². The predicted molar refractivity (Wildman–Crippen MR) is 88.6 cm³/mol. The average molecular weight is 312 g/mol. The molecule has 1 saturated carbocycles. The van der Waals surface area contributed by atoms with Gasteiger partial charge in [-0.1, -0.05) is 26.7 Å². The van der Waals surface area contributed by atoms with Crippen LogP contribution in [0.25, 0.3) is 0 Å². The van der Waals surface area contributed by atoms with Crippen LogP contribution in [0.2, 0.25) is 0 Å². The molecule has 0 radical (unpaired) electrons. The molecule has 1 aliphatic carbocycles. The van der Waals surface area contributed by atoms with Gasteiger partial charge in [0, 0.05) is 12.1 Å². The van der Waals surface area contributed by atoms with Gasteiger partial charge >= 0.3 is 0 Å². The van der Waals surface area contributed by atoms with Gasteiger partial charge in [-0.25, -0.2) is 0 Å². The summed E-state index contributed by atoms with van der Waals surface area (Å²) < 4.78 is 0. The van der Waals surface area contributed by atoms with Gasteiger partial charge in [0.05, 0.1) is 7.05 Å². The molecule has 0 aliphatic heterocycles. The van der Waals surface area contributed by atoms with E-state index in [0.29, 0.717) is 18.4 Å². The van der Waals surface area contributed by atoms with Crippen molar-refractivity contribution in [3.8, 4) is 0 Å². The topological polar surface area (TPSA) is 62.6 Å². The standard InChI is InChI=1S/C17H33N3O2/c1-11(2)18-16(21)10-20(6)14(5)17(22)19-15-9-7-8-12(3)13(15)4/h11-15H,7-10H2,1-6H3,(H,18,21)(H,19,22)/p+1/t12-,13+,14+,15+/m0/s1. The molecule has 5 atom stereocenters. The van der Waals surface area contributed by atoms with E-state index in [2.05, 4.69) is 24.5 Å². The highest BCUT2D eigenvalue weighted by Crippen LogP contribution is 2.29. The summed E-state index contributed by atoms with van der Waals surface area (Å²) in [5.41, 5.74) is 0. The zero-order chi connectivity index (χ0) is 16.9. The first-order chi connectivity index (χ1) is 10.2. The van der Waals surface area contributed by atoms with Crippen LogP contribution in [0, 0.1) is 11.8 Å². The summed E-state index contributed by atoms with van der Waals surface area (Å²) in [6, 6.07) is 0.187. The lowest BCUT2D eigenvalue weighted by Gasteiger charge is -2.35. The number of amides is 2. The van der Waals surface area contributed by atoms with E-state index in [9.17, 15) is 9.59 Å². The average Bonchev–Trinajstić information content (AvgIpc) is 2.41. The molecule has 0 aromatic carbocycles. The van der Waals surface area contributed by atoms with Crippen molar-refractivity contribution in [3.63, 3.8) is 0 Å². The van der Waals surface area contributed by atoms with Gasteiger partial charge in [0.15, 0.2) is 12.6 Å². The van der Waals surface area contributed by atoms with E-state index in [0.717, 1.165) is 11.3 Å². The van der Waals surface area contributed by atoms with E-state index in [-0.39, 0.29) is 29.9 Å². The van der Waals surface area contributed by atoms with Crippen LogP contribution < -0.4 is 15.5 Å². The maximum atomic E-state index is 12.4. The number of hydrogen-bond acceptors (Lipinski definition) is 2. The number of hydrogen-bond donors (Lipinski definition) is 3. The van der Waals surface area contributed by atoms with Crippen molar-refractivity contribution in [3.05, 3.63) is 0 Å². The molecule has 5 nitrogen and oxygen atoms in total. The van der Waals surface area contributed by atoms with Crippen LogP contribution in [0.3, 0.4) is 0 Å². The van der Waals surface area contributed by atoms with Crippen molar-refractivity contribution in [1.29, 1.82) is 0 Å². The van der Waals surface area contributed by atoms with Gasteiger partial charge in [0.1, 0.15) is 0 Å². The third kappa shape index (κ3) is 5.59. The second-order valence-corrected chi connectivity index (χ2v) is 7.35. The number of carbonyl (C=O) groups is 2. The first kappa shape index (κ1) is 18.9. The van der Waals surface area contributed by atoms with Crippen molar-refractivity contribution in [1.82, 2.24) is 10.6 Å². The molecule has 0 aromatic rings. The second kappa shape index (κ2) is 8.51. The molecule has 5 heteroatoms. The molecule has 1 aliphatic rings. The molecule has 0 saturated heterocycles. The highest BCUT2D eigenvalue weighted by Gasteiger charge is 2.31. The zero-order valence-corrected chi connectivity index (χ0v) is 15.0. The van der Waals surface area contributed by atoms with E-state index < -0.39 is 0 Å². The van der Waals surface area contributed by atoms with Gasteiger partial charge in [0.2, 0.25) is 0 Å². The molecule has 2 amide bonds. The summed E-state index contributed by atoms with van der Waals surface area (Å²) in [5.74, 6) is 1.23. The number of quaternary nitrogens is 1. The van der Waals surface area contributed by atoms with Crippen molar-refractivity contribution >= 4 is 11.8 Å². The van der Waals surface area contributed by atoms with Crippen LogP contribution in [0.15, 0.2) is 0 Å². The minimum Gasteiger partial charge on any atom is -0.349 e. The normalized spacial score (nSPS) is 28.0. The highest BCUT2D eigenvalue weighted by molar-refractivity contribution is 5.81. The van der Waals surface area contributed by atoms with E-state index in [4.69, 9.17) is 0 Å². The van der Waals surface area contributed by atoms with Gasteiger partial charge in [-0.2, -0.15) is 0 Å². The minimum atomic E-state index is -0.220. The van der Waals surface area contributed by atoms with Crippen LogP contribution in [-0.4, -0.2) is 43.5 Å². The maximum absolute atomic E-state index is 12.4. The van der Waals surface area contributed by atoms with Crippen LogP contribution >= 0.6 is 0 Å². The zero-order valence-electron chi connectivity index (χ0n) is 15.0. The lowest BCUT2D eigenvalue weighted by molar-refractivity contribution is -0.886. The minimum absolute atomic E-state index is 0.00759. The Balaban J connectivity index is 2.48. The van der Waals surface area contributed by atoms with E-state index in [1.807, 2.05) is 27.8 Å². The molecule has 0 aromatic heterocycles. The van der Waals surface area contributed by atoms with Gasteiger partial charge < -0.3 is 15.5 Å². The lowest BCUT2D eigenvalue weighted by atomic mass is 9.78. The fraction of sp³-hybridized carbons (Fsp3) is 0.882. The van der Waals surface area contributed by atoms with Crippen molar-refractivity contribution in [2.45, 2.75) is 72.0 Å². The predicted octanol–water partition coefficient (Wildman–Crippen LogP) is 0.355. The molecule has 0 heterocycles.